The van der Waals surface area contributed by atoms with E-state index in [1.165, 1.54) is 13.1 Å². The summed E-state index contributed by atoms with van der Waals surface area (Å²) in [6.07, 6.45) is -2.01. The topological polar surface area (TPSA) is 162 Å². The molecule has 1 aliphatic heterocycles. The van der Waals surface area contributed by atoms with E-state index in [0.717, 1.165) is 4.57 Å². The average molecular weight is 350 g/mol. The Morgan fingerprint density at radius 1 is 1.48 bits per heavy atom. The summed E-state index contributed by atoms with van der Waals surface area (Å²) in [7, 11) is -4.19. The van der Waals surface area contributed by atoms with Gasteiger partial charge in [0.1, 0.15) is 11.7 Å². The Labute approximate surface area is 130 Å². The van der Waals surface area contributed by atoms with Crippen LogP contribution in [-0.4, -0.2) is 54.0 Å². The number of H-pyrrole nitrogens is 1. The SMILES string of the molecule is Cc1cn([C@@H]2OC[C@](O)(CCCP(=O)(O)O)[C@H]2O)c(=O)[nH]c1=O. The smallest absolute Gasteiger partial charge is 0.330 e. The van der Waals surface area contributed by atoms with Crippen LogP contribution in [0.4, 0.5) is 0 Å². The van der Waals surface area contributed by atoms with Crippen LogP contribution in [0.3, 0.4) is 0 Å². The number of aromatic nitrogens is 2. The lowest BCUT2D eigenvalue weighted by Crippen LogP contribution is -2.45. The second-order valence-electron chi connectivity index (χ2n) is 5.72. The van der Waals surface area contributed by atoms with E-state index in [0.29, 0.717) is 0 Å². The van der Waals surface area contributed by atoms with Crippen molar-refractivity contribution in [3.63, 3.8) is 0 Å². The minimum Gasteiger partial charge on any atom is -0.385 e. The van der Waals surface area contributed by atoms with Crippen LogP contribution in [-0.2, 0) is 9.30 Å². The Bertz CT molecular complexity index is 737. The lowest BCUT2D eigenvalue weighted by atomic mass is 9.93. The number of aromatic amines is 1. The average Bonchev–Trinajstić information content (AvgIpc) is 2.70. The van der Waals surface area contributed by atoms with Gasteiger partial charge < -0.3 is 24.7 Å². The fraction of sp³-hybridized carbons (Fsp3) is 0.667. The van der Waals surface area contributed by atoms with Crippen molar-refractivity contribution in [2.45, 2.75) is 37.7 Å². The second-order valence-corrected chi connectivity index (χ2v) is 7.50. The van der Waals surface area contributed by atoms with Gasteiger partial charge in [-0.1, -0.05) is 0 Å². The van der Waals surface area contributed by atoms with Crippen molar-refractivity contribution in [1.82, 2.24) is 9.55 Å². The maximum Gasteiger partial charge on any atom is 0.330 e. The van der Waals surface area contributed by atoms with Crippen LogP contribution in [0.2, 0.25) is 0 Å². The highest BCUT2D eigenvalue weighted by molar-refractivity contribution is 7.51. The largest absolute Gasteiger partial charge is 0.385 e. The minimum absolute atomic E-state index is 0.0204. The Morgan fingerprint density at radius 3 is 2.74 bits per heavy atom. The third kappa shape index (κ3) is 3.97. The Balaban J connectivity index is 2.16. The highest BCUT2D eigenvalue weighted by Crippen LogP contribution is 2.39. The molecule has 0 aliphatic carbocycles. The number of nitrogens with zero attached hydrogens (tertiary/aromatic N) is 1. The number of hydrogen-bond donors (Lipinski definition) is 5. The first-order valence-electron chi connectivity index (χ1n) is 6.92. The molecule has 1 aromatic heterocycles. The molecule has 1 aliphatic rings. The maximum absolute atomic E-state index is 11.8. The van der Waals surface area contributed by atoms with E-state index in [2.05, 4.69) is 4.98 Å². The number of hydrogen-bond acceptors (Lipinski definition) is 6. The van der Waals surface area contributed by atoms with Gasteiger partial charge >= 0.3 is 13.3 Å². The zero-order chi connectivity index (χ0) is 17.4. The van der Waals surface area contributed by atoms with Gasteiger partial charge in [0.2, 0.25) is 0 Å². The first-order valence-corrected chi connectivity index (χ1v) is 8.72. The molecule has 5 N–H and O–H groups in total. The fourth-order valence-corrected chi connectivity index (χ4v) is 3.06. The van der Waals surface area contributed by atoms with Gasteiger partial charge in [-0.2, -0.15) is 0 Å². The van der Waals surface area contributed by atoms with E-state index >= 15 is 0 Å². The summed E-state index contributed by atoms with van der Waals surface area (Å²) in [4.78, 5) is 42.9. The van der Waals surface area contributed by atoms with Crippen LogP contribution in [0.5, 0.6) is 0 Å². The lowest BCUT2D eigenvalue weighted by molar-refractivity contribution is -0.0664. The molecule has 130 valence electrons. The summed E-state index contributed by atoms with van der Waals surface area (Å²) in [5.41, 5.74) is -2.85. The molecule has 0 amide bonds. The number of nitrogens with one attached hydrogen (secondary N) is 1. The molecular formula is C12H19N2O8P. The summed E-state index contributed by atoms with van der Waals surface area (Å²) < 4.78 is 17.1. The van der Waals surface area contributed by atoms with E-state index in [9.17, 15) is 24.4 Å². The number of rotatable bonds is 5. The van der Waals surface area contributed by atoms with Crippen molar-refractivity contribution < 1.29 is 29.3 Å². The first-order chi connectivity index (χ1) is 10.5. The Kier molecular flexibility index (Phi) is 4.95. The summed E-state index contributed by atoms with van der Waals surface area (Å²) in [6.45, 7) is 1.17. The van der Waals surface area contributed by atoms with Crippen LogP contribution >= 0.6 is 7.60 Å². The van der Waals surface area contributed by atoms with Crippen LogP contribution in [0.25, 0.3) is 0 Å². The van der Waals surface area contributed by atoms with Crippen LogP contribution < -0.4 is 11.2 Å². The molecule has 1 aromatic rings. The highest BCUT2D eigenvalue weighted by atomic mass is 31.2. The van der Waals surface area contributed by atoms with Gasteiger partial charge in [0, 0.05) is 17.9 Å². The normalized spacial score (nSPS) is 28.2. The molecule has 2 rings (SSSR count). The van der Waals surface area contributed by atoms with Crippen molar-refractivity contribution in [2.24, 2.45) is 0 Å². The predicted octanol–water partition coefficient (Wildman–Crippen LogP) is -1.58. The van der Waals surface area contributed by atoms with Gasteiger partial charge in [0.15, 0.2) is 6.23 Å². The Hall–Kier alpha value is -1.29. The van der Waals surface area contributed by atoms with Crippen molar-refractivity contribution in [2.75, 3.05) is 12.8 Å². The standard InChI is InChI=1S/C12H19N2O8P/c1-7-5-14(11(17)13-9(7)16)10-8(15)12(18,6-22-10)3-2-4-23(19,20)21/h5,8,10,15,18H,2-4,6H2,1H3,(H,13,16,17)(H2,19,20,21)/t8-,10+,12+/m0/s1. The van der Waals surface area contributed by atoms with Crippen molar-refractivity contribution in [1.29, 1.82) is 0 Å². The quantitative estimate of drug-likeness (QED) is 0.398. The zero-order valence-electron chi connectivity index (χ0n) is 12.4. The molecule has 10 nitrogen and oxygen atoms in total. The molecule has 0 bridgehead atoms. The van der Waals surface area contributed by atoms with Crippen LogP contribution in [0.1, 0.15) is 24.6 Å². The molecule has 0 spiro atoms. The van der Waals surface area contributed by atoms with Gasteiger partial charge in [0.05, 0.1) is 6.61 Å². The van der Waals surface area contributed by atoms with Crippen molar-refractivity contribution in [3.8, 4) is 0 Å². The zero-order valence-corrected chi connectivity index (χ0v) is 13.3. The number of ether oxygens (including phenoxy) is 1. The van der Waals surface area contributed by atoms with Gasteiger partial charge in [-0.15, -0.1) is 0 Å². The molecule has 0 saturated carbocycles. The van der Waals surface area contributed by atoms with Gasteiger partial charge in [-0.05, 0) is 19.8 Å². The van der Waals surface area contributed by atoms with Gasteiger partial charge in [-0.25, -0.2) is 4.79 Å². The molecule has 1 fully saturated rings. The van der Waals surface area contributed by atoms with Gasteiger partial charge in [0.25, 0.3) is 5.56 Å². The van der Waals surface area contributed by atoms with Crippen molar-refractivity contribution in [3.05, 3.63) is 32.6 Å². The number of aliphatic hydroxyl groups is 2. The third-order valence-electron chi connectivity index (χ3n) is 3.80. The monoisotopic (exact) mass is 350 g/mol. The number of aliphatic hydroxyl groups excluding tert-OH is 1. The van der Waals surface area contributed by atoms with Gasteiger partial charge in [-0.3, -0.25) is 18.9 Å². The number of aryl methyl sites for hydroxylation is 1. The molecule has 3 atom stereocenters. The van der Waals surface area contributed by atoms with E-state index in [1.54, 1.807) is 0 Å². The minimum atomic E-state index is -4.19. The Morgan fingerprint density at radius 2 is 2.13 bits per heavy atom. The molecule has 1 saturated heterocycles. The fourth-order valence-electron chi connectivity index (χ4n) is 2.49. The third-order valence-corrected chi connectivity index (χ3v) is 4.70. The van der Waals surface area contributed by atoms with Crippen LogP contribution in [0.15, 0.2) is 15.8 Å². The van der Waals surface area contributed by atoms with E-state index in [-0.39, 0.29) is 25.0 Å². The molecule has 23 heavy (non-hydrogen) atoms. The molecule has 2 heterocycles. The summed E-state index contributed by atoms with van der Waals surface area (Å²) >= 11 is 0. The highest BCUT2D eigenvalue weighted by Gasteiger charge is 2.48. The van der Waals surface area contributed by atoms with E-state index in [4.69, 9.17) is 14.5 Å². The molecule has 11 heteroatoms. The molecule has 0 aromatic carbocycles. The van der Waals surface area contributed by atoms with Crippen molar-refractivity contribution >= 4 is 7.60 Å². The molecule has 0 radical (unpaired) electrons. The first kappa shape index (κ1) is 18.1. The van der Waals surface area contributed by atoms with E-state index < -0.39 is 42.9 Å². The van der Waals surface area contributed by atoms with E-state index in [1.807, 2.05) is 0 Å². The summed E-state index contributed by atoms with van der Waals surface area (Å²) in [5, 5.41) is 20.6. The summed E-state index contributed by atoms with van der Waals surface area (Å²) in [5.74, 6) is 0. The maximum atomic E-state index is 11.8. The predicted molar refractivity (Wildman–Crippen MR) is 78.2 cm³/mol. The molecule has 0 unspecified atom stereocenters. The molecular weight excluding hydrogens is 331 g/mol. The second kappa shape index (κ2) is 6.31. The summed E-state index contributed by atoms with van der Waals surface area (Å²) in [6, 6.07) is 0. The lowest BCUT2D eigenvalue weighted by Gasteiger charge is -2.26. The van der Waals surface area contributed by atoms with Crippen LogP contribution in [0, 0.1) is 6.92 Å².